The number of benzene rings is 1. The maximum Gasteiger partial charge on any atom is 0.337 e. The van der Waals surface area contributed by atoms with Gasteiger partial charge >= 0.3 is 5.97 Å². The second kappa shape index (κ2) is 3.98. The summed E-state index contributed by atoms with van der Waals surface area (Å²) in [5.74, 6) is -1.12. The molecule has 5 heteroatoms. The molecule has 66 valence electrons. The molecule has 0 aromatic heterocycles. The molecule has 0 unspecified atom stereocenters. The Morgan fingerprint density at radius 1 is 1.54 bits per heavy atom. The molecule has 1 rings (SSSR count). The normalized spacial score (nSPS) is 9.00. The van der Waals surface area contributed by atoms with E-state index in [2.05, 4.69) is 20.9 Å². The van der Waals surface area contributed by atoms with Gasteiger partial charge in [0, 0.05) is 4.47 Å². The average molecular weight is 242 g/mol. The number of halogens is 1. The second-order valence-electron chi connectivity index (χ2n) is 2.17. The maximum atomic E-state index is 10.6. The Morgan fingerprint density at radius 2 is 2.23 bits per heavy atom. The maximum absolute atomic E-state index is 10.6. The summed E-state index contributed by atoms with van der Waals surface area (Å²) in [5, 5.41) is 8.68. The highest BCUT2D eigenvalue weighted by Gasteiger charge is 2.09. The number of carboxylic acid groups (broad SMARTS) is 1. The zero-order valence-electron chi connectivity index (χ0n) is 6.32. The number of nitrogens with zero attached hydrogens (tertiary/aromatic N) is 1. The van der Waals surface area contributed by atoms with Crippen molar-refractivity contribution in [3.63, 3.8) is 0 Å². The van der Waals surface area contributed by atoms with Crippen LogP contribution < -0.4 is 0 Å². The summed E-state index contributed by atoms with van der Waals surface area (Å²) < 4.78 is 0.659. The number of carboxylic acids is 1. The highest BCUT2D eigenvalue weighted by molar-refractivity contribution is 9.10. The molecule has 0 saturated heterocycles. The molecule has 0 spiro atoms. The molecule has 1 N–H and O–H groups in total. The summed E-state index contributed by atoms with van der Waals surface area (Å²) in [6.45, 7) is 0. The number of carbonyl (C=O) groups is 1. The van der Waals surface area contributed by atoms with Crippen LogP contribution in [0.25, 0.3) is 0 Å². The molecular weight excluding hydrogens is 238 g/mol. The molecule has 0 aliphatic rings. The van der Waals surface area contributed by atoms with E-state index in [0.29, 0.717) is 4.47 Å². The molecule has 0 aliphatic heterocycles. The predicted molar refractivity (Wildman–Crippen MR) is 48.9 cm³/mol. The largest absolute Gasteiger partial charge is 0.478 e. The molecular formula is C8H4BrNO3. The van der Waals surface area contributed by atoms with Crippen molar-refractivity contribution in [3.05, 3.63) is 28.2 Å². The zero-order chi connectivity index (χ0) is 9.84. The van der Waals surface area contributed by atoms with Crippen LogP contribution in [0.2, 0.25) is 0 Å². The van der Waals surface area contributed by atoms with Gasteiger partial charge in [-0.25, -0.2) is 9.59 Å². The molecule has 13 heavy (non-hydrogen) atoms. The average Bonchev–Trinajstić information content (AvgIpc) is 2.04. The fourth-order valence-electron chi connectivity index (χ4n) is 0.827. The summed E-state index contributed by atoms with van der Waals surface area (Å²) in [6.07, 6.45) is 1.30. The van der Waals surface area contributed by atoms with Gasteiger partial charge in [-0.1, -0.05) is 15.9 Å². The van der Waals surface area contributed by atoms with Crippen molar-refractivity contribution in [2.75, 3.05) is 0 Å². The predicted octanol–water partition coefficient (Wildman–Crippen LogP) is 2.11. The van der Waals surface area contributed by atoms with Crippen LogP contribution in [0.1, 0.15) is 10.4 Å². The second-order valence-corrected chi connectivity index (χ2v) is 3.09. The number of aliphatic imine (C=N–C) groups is 1. The van der Waals surface area contributed by atoms with E-state index in [1.54, 1.807) is 6.07 Å². The van der Waals surface area contributed by atoms with Crippen LogP contribution in [0.5, 0.6) is 0 Å². The first kappa shape index (κ1) is 9.64. The van der Waals surface area contributed by atoms with E-state index in [1.165, 1.54) is 18.2 Å². The summed E-state index contributed by atoms with van der Waals surface area (Å²) in [6, 6.07) is 4.37. The number of hydrogen-bond acceptors (Lipinski definition) is 3. The fraction of sp³-hybridized carbons (Fsp3) is 0. The zero-order valence-corrected chi connectivity index (χ0v) is 7.91. The first-order valence-electron chi connectivity index (χ1n) is 3.26. The quantitative estimate of drug-likeness (QED) is 0.637. The van der Waals surface area contributed by atoms with E-state index in [-0.39, 0.29) is 11.3 Å². The van der Waals surface area contributed by atoms with Crippen LogP contribution in [0.3, 0.4) is 0 Å². The summed E-state index contributed by atoms with van der Waals surface area (Å²) in [4.78, 5) is 23.8. The van der Waals surface area contributed by atoms with Gasteiger partial charge in [-0.05, 0) is 18.2 Å². The topological polar surface area (TPSA) is 66.7 Å². The minimum absolute atomic E-state index is 0.0217. The molecule has 0 bridgehead atoms. The minimum atomic E-state index is -1.12. The standard InChI is InChI=1S/C8H4BrNO3/c9-5-1-2-6(8(12)13)7(3-5)10-4-11/h1-3H,(H,12,13). The van der Waals surface area contributed by atoms with Gasteiger partial charge in [-0.3, -0.25) is 0 Å². The van der Waals surface area contributed by atoms with Crippen LogP contribution >= 0.6 is 15.9 Å². The van der Waals surface area contributed by atoms with Crippen molar-refractivity contribution < 1.29 is 14.7 Å². The molecule has 0 atom stereocenters. The van der Waals surface area contributed by atoms with Gasteiger partial charge in [-0.15, -0.1) is 0 Å². The van der Waals surface area contributed by atoms with Crippen LogP contribution in [0.15, 0.2) is 27.7 Å². The lowest BCUT2D eigenvalue weighted by Gasteiger charge is -1.98. The number of isocyanates is 1. The van der Waals surface area contributed by atoms with Crippen molar-refractivity contribution in [3.8, 4) is 0 Å². The molecule has 1 aromatic rings. The van der Waals surface area contributed by atoms with Gasteiger partial charge in [0.2, 0.25) is 6.08 Å². The monoisotopic (exact) mass is 241 g/mol. The lowest BCUT2D eigenvalue weighted by molar-refractivity contribution is 0.0698. The van der Waals surface area contributed by atoms with Crippen molar-refractivity contribution in [2.45, 2.75) is 0 Å². The Morgan fingerprint density at radius 3 is 2.77 bits per heavy atom. The van der Waals surface area contributed by atoms with E-state index < -0.39 is 5.97 Å². The molecule has 1 aromatic carbocycles. The number of rotatable bonds is 2. The lowest BCUT2D eigenvalue weighted by Crippen LogP contribution is -1.95. The number of hydrogen-bond donors (Lipinski definition) is 1. The molecule has 4 nitrogen and oxygen atoms in total. The van der Waals surface area contributed by atoms with Crippen LogP contribution in [0, 0.1) is 0 Å². The van der Waals surface area contributed by atoms with Gasteiger partial charge in [0.25, 0.3) is 0 Å². The third kappa shape index (κ3) is 2.24. The van der Waals surface area contributed by atoms with E-state index in [4.69, 9.17) is 5.11 Å². The van der Waals surface area contributed by atoms with Gasteiger partial charge in [0.15, 0.2) is 0 Å². The van der Waals surface area contributed by atoms with Gasteiger partial charge in [0.05, 0.1) is 11.3 Å². The van der Waals surface area contributed by atoms with Crippen LogP contribution in [-0.4, -0.2) is 17.2 Å². The smallest absolute Gasteiger partial charge is 0.337 e. The van der Waals surface area contributed by atoms with E-state index in [1.807, 2.05) is 0 Å². The third-order valence-corrected chi connectivity index (χ3v) is 1.85. The third-order valence-electron chi connectivity index (χ3n) is 1.36. The molecule has 0 heterocycles. The van der Waals surface area contributed by atoms with Crippen molar-refractivity contribution in [1.29, 1.82) is 0 Å². The number of carbonyl (C=O) groups excluding carboxylic acids is 1. The SMILES string of the molecule is O=C=Nc1cc(Br)ccc1C(=O)O. The van der Waals surface area contributed by atoms with Gasteiger partial charge in [-0.2, -0.15) is 4.99 Å². The molecule has 0 radical (unpaired) electrons. The molecule has 0 amide bonds. The Balaban J connectivity index is 3.34. The highest BCUT2D eigenvalue weighted by atomic mass is 79.9. The van der Waals surface area contributed by atoms with Crippen molar-refractivity contribution in [1.82, 2.24) is 0 Å². The summed E-state index contributed by atoms with van der Waals surface area (Å²) in [7, 11) is 0. The van der Waals surface area contributed by atoms with Crippen LogP contribution in [0.4, 0.5) is 5.69 Å². The molecule has 0 saturated carbocycles. The van der Waals surface area contributed by atoms with Gasteiger partial charge < -0.3 is 5.11 Å². The van der Waals surface area contributed by atoms with E-state index >= 15 is 0 Å². The lowest BCUT2D eigenvalue weighted by atomic mass is 10.2. The van der Waals surface area contributed by atoms with E-state index in [9.17, 15) is 9.59 Å². The van der Waals surface area contributed by atoms with Crippen LogP contribution in [-0.2, 0) is 4.79 Å². The fourth-order valence-corrected chi connectivity index (χ4v) is 1.18. The number of aromatic carboxylic acids is 1. The highest BCUT2D eigenvalue weighted by Crippen LogP contribution is 2.23. The summed E-state index contributed by atoms with van der Waals surface area (Å²) >= 11 is 3.13. The Kier molecular flexibility index (Phi) is 2.95. The summed E-state index contributed by atoms with van der Waals surface area (Å²) in [5.41, 5.74) is 0.0726. The first-order valence-corrected chi connectivity index (χ1v) is 4.05. The first-order chi connectivity index (χ1) is 6.15. The van der Waals surface area contributed by atoms with Crippen molar-refractivity contribution in [2.24, 2.45) is 4.99 Å². The minimum Gasteiger partial charge on any atom is -0.478 e. The molecule has 0 fully saturated rings. The van der Waals surface area contributed by atoms with E-state index in [0.717, 1.165) is 0 Å². The Labute approximate surface area is 82.0 Å². The van der Waals surface area contributed by atoms with Gasteiger partial charge in [0.1, 0.15) is 0 Å². The Bertz CT molecular complexity index is 396. The van der Waals surface area contributed by atoms with Crippen molar-refractivity contribution >= 4 is 33.7 Å². The Hall–Kier alpha value is -1.45. The molecule has 0 aliphatic carbocycles.